The topological polar surface area (TPSA) is 59.2 Å². The number of fused-ring (bicyclic) bond motifs is 1. The van der Waals surface area contributed by atoms with Crippen LogP contribution in [0, 0.1) is 0 Å². The quantitative estimate of drug-likeness (QED) is 0.505. The maximum absolute atomic E-state index is 11.6. The van der Waals surface area contributed by atoms with Crippen molar-refractivity contribution >= 4 is 33.5 Å². The number of halogens is 1. The van der Waals surface area contributed by atoms with E-state index in [1.807, 2.05) is 6.07 Å². The van der Waals surface area contributed by atoms with E-state index in [-0.39, 0.29) is 11.4 Å². The van der Waals surface area contributed by atoms with E-state index in [0.717, 1.165) is 5.52 Å². The first-order chi connectivity index (χ1) is 7.65. The molecule has 0 aliphatic rings. The lowest BCUT2D eigenvalue weighted by Crippen LogP contribution is -2.08. The molecule has 0 aliphatic heterocycles. The minimum atomic E-state index is -1.02. The third kappa shape index (κ3) is 1.57. The van der Waals surface area contributed by atoms with Crippen molar-refractivity contribution in [2.45, 2.75) is 0 Å². The predicted molar refractivity (Wildman–Crippen MR) is 60.0 cm³/mol. The van der Waals surface area contributed by atoms with Crippen LogP contribution in [0.4, 0.5) is 0 Å². The fourth-order valence-electron chi connectivity index (χ4n) is 1.59. The summed E-state index contributed by atoms with van der Waals surface area (Å²) >= 11 is 5.19. The number of ketones is 1. The molecule has 1 aromatic carbocycles. The van der Waals surface area contributed by atoms with Crippen molar-refractivity contribution in [2.24, 2.45) is 0 Å². The van der Waals surface area contributed by atoms with E-state index in [0.29, 0.717) is 5.39 Å². The van der Waals surface area contributed by atoms with Crippen LogP contribution >= 0.6 is 11.6 Å². The van der Waals surface area contributed by atoms with Crippen LogP contribution in [-0.2, 0) is 4.79 Å². The van der Waals surface area contributed by atoms with Gasteiger partial charge in [0, 0.05) is 10.9 Å². The highest BCUT2D eigenvalue weighted by atomic mass is 35.5. The number of carbonyl (C=O) groups excluding carboxylic acids is 2. The van der Waals surface area contributed by atoms with Gasteiger partial charge in [0.05, 0.1) is 12.7 Å². The maximum atomic E-state index is 11.6. The Bertz CT molecular complexity index is 574. The number of nitrogens with one attached hydrogen (secondary N) is 1. The van der Waals surface area contributed by atoms with Crippen LogP contribution in [0.5, 0.6) is 5.88 Å². The summed E-state index contributed by atoms with van der Waals surface area (Å²) in [5.41, 5.74) is 0.902. The van der Waals surface area contributed by atoms with E-state index in [2.05, 4.69) is 4.98 Å². The first-order valence-corrected chi connectivity index (χ1v) is 4.91. The summed E-state index contributed by atoms with van der Waals surface area (Å²) in [4.78, 5) is 25.4. The molecule has 1 N–H and O–H groups in total. The Morgan fingerprint density at radius 1 is 1.31 bits per heavy atom. The van der Waals surface area contributed by atoms with Gasteiger partial charge < -0.3 is 9.72 Å². The Labute approximate surface area is 96.2 Å². The van der Waals surface area contributed by atoms with Crippen LogP contribution in [0.3, 0.4) is 0 Å². The van der Waals surface area contributed by atoms with Crippen LogP contribution < -0.4 is 4.74 Å². The summed E-state index contributed by atoms with van der Waals surface area (Å²) in [6.07, 6.45) is 0. The van der Waals surface area contributed by atoms with Gasteiger partial charge in [-0.05, 0) is 17.7 Å². The second-order valence-electron chi connectivity index (χ2n) is 3.18. The highest BCUT2D eigenvalue weighted by molar-refractivity contribution is 6.83. The SMILES string of the molecule is COc1[nH]c2ccccc2c1C(=O)C(=O)Cl. The Balaban J connectivity index is 2.74. The zero-order valence-corrected chi connectivity index (χ0v) is 9.17. The van der Waals surface area contributed by atoms with Gasteiger partial charge in [-0.2, -0.15) is 0 Å². The molecule has 2 rings (SSSR count). The van der Waals surface area contributed by atoms with E-state index < -0.39 is 11.0 Å². The van der Waals surface area contributed by atoms with Crippen LogP contribution in [0.2, 0.25) is 0 Å². The van der Waals surface area contributed by atoms with Crippen molar-refractivity contribution < 1.29 is 14.3 Å². The van der Waals surface area contributed by atoms with E-state index in [4.69, 9.17) is 16.3 Å². The van der Waals surface area contributed by atoms with Gasteiger partial charge in [0.25, 0.3) is 11.0 Å². The number of aromatic amines is 1. The largest absolute Gasteiger partial charge is 0.482 e. The Kier molecular flexibility index (Phi) is 2.66. The van der Waals surface area contributed by atoms with Crippen molar-refractivity contribution in [3.05, 3.63) is 29.8 Å². The highest BCUT2D eigenvalue weighted by Gasteiger charge is 2.23. The summed E-state index contributed by atoms with van der Waals surface area (Å²) in [7, 11) is 1.42. The van der Waals surface area contributed by atoms with Crippen molar-refractivity contribution in [3.63, 3.8) is 0 Å². The molecule has 0 radical (unpaired) electrons. The molecule has 0 fully saturated rings. The van der Waals surface area contributed by atoms with Gasteiger partial charge in [-0.25, -0.2) is 0 Å². The summed E-state index contributed by atoms with van der Waals surface area (Å²) in [5.74, 6) is -0.517. The minimum Gasteiger partial charge on any atom is -0.482 e. The molecular weight excluding hydrogens is 230 g/mol. The van der Waals surface area contributed by atoms with Gasteiger partial charge in [0.15, 0.2) is 0 Å². The molecule has 2 aromatic rings. The molecule has 0 bridgehead atoms. The summed E-state index contributed by atoms with van der Waals surface area (Å²) in [5, 5.41) is -0.401. The smallest absolute Gasteiger partial charge is 0.293 e. The number of hydrogen-bond acceptors (Lipinski definition) is 3. The summed E-state index contributed by atoms with van der Waals surface area (Å²) < 4.78 is 5.01. The number of methoxy groups -OCH3 is 1. The van der Waals surface area contributed by atoms with Crippen LogP contribution in [-0.4, -0.2) is 23.1 Å². The normalized spacial score (nSPS) is 10.4. The van der Waals surface area contributed by atoms with E-state index in [1.165, 1.54) is 7.11 Å². The number of hydrogen-bond donors (Lipinski definition) is 1. The Hall–Kier alpha value is -1.81. The molecule has 0 amide bonds. The number of ether oxygens (including phenoxy) is 1. The Morgan fingerprint density at radius 2 is 2.00 bits per heavy atom. The third-order valence-electron chi connectivity index (χ3n) is 2.28. The molecule has 0 saturated heterocycles. The van der Waals surface area contributed by atoms with Crippen LogP contribution in [0.15, 0.2) is 24.3 Å². The molecule has 0 unspecified atom stereocenters. The van der Waals surface area contributed by atoms with Crippen molar-refractivity contribution in [1.29, 1.82) is 0 Å². The van der Waals surface area contributed by atoms with Gasteiger partial charge in [-0.15, -0.1) is 0 Å². The van der Waals surface area contributed by atoms with Gasteiger partial charge in [-0.1, -0.05) is 18.2 Å². The molecule has 1 aromatic heterocycles. The lowest BCUT2D eigenvalue weighted by molar-refractivity contribution is -0.108. The second kappa shape index (κ2) is 3.98. The average molecular weight is 238 g/mol. The maximum Gasteiger partial charge on any atom is 0.293 e. The van der Waals surface area contributed by atoms with Gasteiger partial charge >= 0.3 is 0 Å². The van der Waals surface area contributed by atoms with Crippen molar-refractivity contribution in [2.75, 3.05) is 7.11 Å². The van der Waals surface area contributed by atoms with Gasteiger partial charge in [0.1, 0.15) is 0 Å². The first kappa shape index (κ1) is 10.7. The molecule has 4 nitrogen and oxygen atoms in total. The zero-order chi connectivity index (χ0) is 11.7. The lowest BCUT2D eigenvalue weighted by Gasteiger charge is -1.98. The number of benzene rings is 1. The number of rotatable bonds is 3. The molecular formula is C11H8ClNO3. The average Bonchev–Trinajstić information content (AvgIpc) is 2.66. The third-order valence-corrected chi connectivity index (χ3v) is 2.45. The van der Waals surface area contributed by atoms with Gasteiger partial charge in [0.2, 0.25) is 5.88 Å². The predicted octanol–water partition coefficient (Wildman–Crippen LogP) is 2.12. The Morgan fingerprint density at radius 3 is 2.62 bits per heavy atom. The molecule has 82 valence electrons. The summed E-state index contributed by atoms with van der Waals surface area (Å²) in [6, 6.07) is 7.09. The fraction of sp³-hybridized carbons (Fsp3) is 0.0909. The van der Waals surface area contributed by atoms with Gasteiger partial charge in [-0.3, -0.25) is 9.59 Å². The van der Waals surface area contributed by atoms with Crippen LogP contribution in [0.25, 0.3) is 10.9 Å². The molecule has 0 atom stereocenters. The monoisotopic (exact) mass is 237 g/mol. The number of aromatic nitrogens is 1. The molecule has 1 heterocycles. The van der Waals surface area contributed by atoms with E-state index >= 15 is 0 Å². The van der Waals surface area contributed by atoms with Crippen molar-refractivity contribution in [1.82, 2.24) is 4.98 Å². The second-order valence-corrected chi connectivity index (χ2v) is 3.52. The number of H-pyrrole nitrogens is 1. The fourth-order valence-corrected chi connectivity index (χ4v) is 1.69. The van der Waals surface area contributed by atoms with Crippen molar-refractivity contribution in [3.8, 4) is 5.88 Å². The summed E-state index contributed by atoms with van der Waals surface area (Å²) in [6.45, 7) is 0. The number of Topliss-reactive ketones (excluding diaryl/α,β-unsaturated/α-hetero) is 1. The molecule has 0 spiro atoms. The molecule has 0 aliphatic carbocycles. The van der Waals surface area contributed by atoms with E-state index in [1.54, 1.807) is 18.2 Å². The minimum absolute atomic E-state index is 0.179. The molecule has 5 heteroatoms. The standard InChI is InChI=1S/C11H8ClNO3/c1-16-11-8(9(14)10(12)15)6-4-2-3-5-7(6)13-11/h2-5,13H,1H3. The number of carbonyl (C=O) groups is 2. The van der Waals surface area contributed by atoms with Crippen LogP contribution in [0.1, 0.15) is 10.4 Å². The molecule has 16 heavy (non-hydrogen) atoms. The highest BCUT2D eigenvalue weighted by Crippen LogP contribution is 2.28. The van der Waals surface area contributed by atoms with E-state index in [9.17, 15) is 9.59 Å². The lowest BCUT2D eigenvalue weighted by atomic mass is 10.1. The zero-order valence-electron chi connectivity index (χ0n) is 8.41. The number of para-hydroxylation sites is 1. The molecule has 0 saturated carbocycles. The first-order valence-electron chi connectivity index (χ1n) is 4.54.